The number of nitrogens with one attached hydrogen (secondary N) is 1. The van der Waals surface area contributed by atoms with E-state index in [1.807, 2.05) is 12.1 Å². The summed E-state index contributed by atoms with van der Waals surface area (Å²) in [4.78, 5) is 10.3. The average Bonchev–Trinajstić information content (AvgIpc) is 2.81. The lowest BCUT2D eigenvalue weighted by Gasteiger charge is -2.02. The molecule has 82 valence electrons. The molecule has 1 N–H and O–H groups in total. The van der Waals surface area contributed by atoms with Crippen molar-refractivity contribution in [2.45, 2.75) is 19.3 Å². The maximum Gasteiger partial charge on any atom is 0.188 e. The topological polar surface area (TPSA) is 37.8 Å². The molecule has 2 aromatic rings. The summed E-state index contributed by atoms with van der Waals surface area (Å²) in [6.07, 6.45) is 5.32. The number of pyridine rings is 1. The molecule has 0 bridgehead atoms. The molecule has 0 atom stereocenters. The summed E-state index contributed by atoms with van der Waals surface area (Å²) >= 11 is 5.20. The van der Waals surface area contributed by atoms with E-state index in [4.69, 9.17) is 0 Å². The van der Waals surface area contributed by atoms with E-state index >= 15 is 0 Å². The van der Waals surface area contributed by atoms with Crippen LogP contribution in [-0.4, -0.2) is 9.97 Å². The van der Waals surface area contributed by atoms with Crippen LogP contribution in [0.25, 0.3) is 0 Å². The minimum absolute atomic E-state index is 0.829. The molecule has 0 fully saturated rings. The molecule has 16 heavy (non-hydrogen) atoms. The van der Waals surface area contributed by atoms with Gasteiger partial charge < -0.3 is 5.32 Å². The zero-order valence-corrected chi connectivity index (χ0v) is 10.9. The number of nitrogens with zero attached hydrogens (tertiary/aromatic N) is 2. The zero-order valence-electron chi connectivity index (χ0n) is 8.53. The molecule has 0 radical (unpaired) electrons. The number of thiazole rings is 1. The molecule has 1 aliphatic carbocycles. The Kier molecular flexibility index (Phi) is 2.65. The number of hydrogen-bond acceptors (Lipinski definition) is 4. The zero-order chi connectivity index (χ0) is 11.0. The Hall–Kier alpha value is -0.940. The number of halogens is 1. The smallest absolute Gasteiger partial charge is 0.188 e. The second-order valence-corrected chi connectivity index (χ2v) is 5.64. The fourth-order valence-electron chi connectivity index (χ4n) is 1.82. The van der Waals surface area contributed by atoms with E-state index in [0.717, 1.165) is 21.8 Å². The van der Waals surface area contributed by atoms with Crippen LogP contribution in [0.2, 0.25) is 0 Å². The van der Waals surface area contributed by atoms with Crippen LogP contribution in [0.5, 0.6) is 0 Å². The molecule has 3 rings (SSSR count). The van der Waals surface area contributed by atoms with Crippen molar-refractivity contribution in [2.24, 2.45) is 0 Å². The molecule has 2 heterocycles. The van der Waals surface area contributed by atoms with Crippen molar-refractivity contribution in [2.75, 3.05) is 5.32 Å². The Morgan fingerprint density at radius 2 is 2.31 bits per heavy atom. The van der Waals surface area contributed by atoms with Gasteiger partial charge >= 0.3 is 0 Å². The van der Waals surface area contributed by atoms with Gasteiger partial charge in [-0.25, -0.2) is 9.97 Å². The predicted octanol–water partition coefficient (Wildman–Crippen LogP) is 3.53. The van der Waals surface area contributed by atoms with Crippen LogP contribution < -0.4 is 5.32 Å². The first-order valence-corrected chi connectivity index (χ1v) is 6.80. The Morgan fingerprint density at radius 1 is 1.38 bits per heavy atom. The highest BCUT2D eigenvalue weighted by Crippen LogP contribution is 2.32. The summed E-state index contributed by atoms with van der Waals surface area (Å²) in [6.45, 7) is 0. The molecular formula is C11H10BrN3S. The van der Waals surface area contributed by atoms with E-state index in [9.17, 15) is 0 Å². The van der Waals surface area contributed by atoms with Gasteiger partial charge in [0.1, 0.15) is 5.82 Å². The summed E-state index contributed by atoms with van der Waals surface area (Å²) < 4.78 is 0.963. The third-order valence-electron chi connectivity index (χ3n) is 2.58. The minimum atomic E-state index is 0.829. The normalized spacial score (nSPS) is 13.8. The van der Waals surface area contributed by atoms with Crippen LogP contribution in [0.1, 0.15) is 17.0 Å². The fourth-order valence-corrected chi connectivity index (χ4v) is 3.23. The first-order valence-electron chi connectivity index (χ1n) is 5.19. The standard InChI is InChI=1S/C11H10BrN3S/c12-7-3-2-6-13-10(7)15-11-14-8-4-1-5-9(8)16-11/h2-3,6H,1,4-5H2,(H,13,14,15). The lowest BCUT2D eigenvalue weighted by molar-refractivity contribution is 0.900. The van der Waals surface area contributed by atoms with Crippen LogP contribution >= 0.6 is 27.3 Å². The lowest BCUT2D eigenvalue weighted by Crippen LogP contribution is -1.93. The quantitative estimate of drug-likeness (QED) is 0.921. The molecule has 0 unspecified atom stereocenters. The van der Waals surface area contributed by atoms with E-state index in [0.29, 0.717) is 0 Å². The molecule has 0 amide bonds. The highest BCUT2D eigenvalue weighted by molar-refractivity contribution is 9.10. The second-order valence-electron chi connectivity index (χ2n) is 3.70. The molecule has 3 nitrogen and oxygen atoms in total. The summed E-state index contributed by atoms with van der Waals surface area (Å²) in [7, 11) is 0. The van der Waals surface area contributed by atoms with Gasteiger partial charge in [-0.1, -0.05) is 0 Å². The molecule has 5 heteroatoms. The molecule has 0 saturated carbocycles. The number of rotatable bonds is 2. The fraction of sp³-hybridized carbons (Fsp3) is 0.273. The first-order chi connectivity index (χ1) is 7.83. The molecule has 0 aromatic carbocycles. The van der Waals surface area contributed by atoms with E-state index in [2.05, 4.69) is 31.2 Å². The van der Waals surface area contributed by atoms with Crippen LogP contribution in [0.15, 0.2) is 22.8 Å². The predicted molar refractivity (Wildman–Crippen MR) is 69.4 cm³/mol. The van der Waals surface area contributed by atoms with Crippen LogP contribution in [-0.2, 0) is 12.8 Å². The van der Waals surface area contributed by atoms with Gasteiger partial charge in [0.05, 0.1) is 10.2 Å². The average molecular weight is 296 g/mol. The summed E-state index contributed by atoms with van der Waals surface area (Å²) in [6, 6.07) is 3.87. The lowest BCUT2D eigenvalue weighted by atomic mass is 10.4. The third kappa shape index (κ3) is 1.85. The van der Waals surface area contributed by atoms with E-state index < -0.39 is 0 Å². The minimum Gasteiger partial charge on any atom is -0.315 e. The maximum absolute atomic E-state index is 4.57. The van der Waals surface area contributed by atoms with Crippen molar-refractivity contribution in [1.82, 2.24) is 9.97 Å². The van der Waals surface area contributed by atoms with Crippen molar-refractivity contribution >= 4 is 38.2 Å². The van der Waals surface area contributed by atoms with Gasteiger partial charge in [0.25, 0.3) is 0 Å². The highest BCUT2D eigenvalue weighted by Gasteiger charge is 2.17. The Labute approximate surface area is 106 Å². The molecule has 0 saturated heterocycles. The molecule has 2 aromatic heterocycles. The summed E-state index contributed by atoms with van der Waals surface area (Å²) in [5.74, 6) is 0.829. The van der Waals surface area contributed by atoms with Crippen molar-refractivity contribution in [3.63, 3.8) is 0 Å². The van der Waals surface area contributed by atoms with Crippen LogP contribution in [0.4, 0.5) is 10.9 Å². The van der Waals surface area contributed by atoms with Gasteiger partial charge in [0, 0.05) is 11.1 Å². The molecular weight excluding hydrogens is 286 g/mol. The number of aryl methyl sites for hydroxylation is 2. The number of aromatic nitrogens is 2. The monoisotopic (exact) mass is 295 g/mol. The van der Waals surface area contributed by atoms with E-state index in [-0.39, 0.29) is 0 Å². The Bertz CT molecular complexity index is 502. The van der Waals surface area contributed by atoms with Crippen LogP contribution in [0.3, 0.4) is 0 Å². The van der Waals surface area contributed by atoms with Gasteiger partial charge in [0.15, 0.2) is 5.13 Å². The summed E-state index contributed by atoms with van der Waals surface area (Å²) in [5, 5.41) is 4.20. The van der Waals surface area contributed by atoms with Crippen molar-refractivity contribution in [3.8, 4) is 0 Å². The Balaban J connectivity index is 1.87. The number of fused-ring (bicyclic) bond motifs is 1. The largest absolute Gasteiger partial charge is 0.315 e. The van der Waals surface area contributed by atoms with Crippen LogP contribution in [0, 0.1) is 0 Å². The first kappa shape index (κ1) is 10.2. The highest BCUT2D eigenvalue weighted by atomic mass is 79.9. The van der Waals surface area contributed by atoms with Gasteiger partial charge in [-0.2, -0.15) is 0 Å². The van der Waals surface area contributed by atoms with Crippen molar-refractivity contribution in [3.05, 3.63) is 33.4 Å². The number of hydrogen-bond donors (Lipinski definition) is 1. The second kappa shape index (κ2) is 4.14. The third-order valence-corrected chi connectivity index (χ3v) is 4.29. The summed E-state index contributed by atoms with van der Waals surface area (Å²) in [5.41, 5.74) is 1.26. The molecule has 0 spiro atoms. The van der Waals surface area contributed by atoms with Gasteiger partial charge in [-0.05, 0) is 47.3 Å². The maximum atomic E-state index is 4.57. The van der Waals surface area contributed by atoms with Gasteiger partial charge in [-0.15, -0.1) is 11.3 Å². The Morgan fingerprint density at radius 3 is 3.12 bits per heavy atom. The van der Waals surface area contributed by atoms with Crippen molar-refractivity contribution < 1.29 is 0 Å². The SMILES string of the molecule is Brc1cccnc1Nc1nc2c(s1)CCC2. The van der Waals surface area contributed by atoms with Crippen molar-refractivity contribution in [1.29, 1.82) is 0 Å². The van der Waals surface area contributed by atoms with Gasteiger partial charge in [0.2, 0.25) is 0 Å². The molecule has 1 aliphatic rings. The van der Waals surface area contributed by atoms with E-state index in [1.54, 1.807) is 17.5 Å². The molecule has 0 aliphatic heterocycles. The van der Waals surface area contributed by atoms with E-state index in [1.165, 1.54) is 23.4 Å². The van der Waals surface area contributed by atoms with Gasteiger partial charge in [-0.3, -0.25) is 0 Å². The number of anilines is 2.